The van der Waals surface area contributed by atoms with Crippen LogP contribution in [0.4, 0.5) is 51.2 Å². The smallest absolute Gasteiger partial charge is 0.0582 e. The van der Waals surface area contributed by atoms with Crippen LogP contribution in [0.15, 0.2) is 243 Å². The van der Waals surface area contributed by atoms with Gasteiger partial charge in [0.25, 0.3) is 0 Å². The zero-order chi connectivity index (χ0) is 60.3. The van der Waals surface area contributed by atoms with Crippen LogP contribution in [-0.4, -0.2) is 4.57 Å². The van der Waals surface area contributed by atoms with Crippen LogP contribution in [-0.2, 0) is 10.8 Å². The Kier molecular flexibility index (Phi) is 13.0. The third-order valence-corrected chi connectivity index (χ3v) is 19.5. The van der Waals surface area contributed by atoms with E-state index in [1.165, 1.54) is 111 Å². The molecule has 0 fully saturated rings. The lowest BCUT2D eigenvalue weighted by molar-refractivity contribution is 0.587. The maximum Gasteiger partial charge on any atom is 0.0582 e. The SMILES string of the molecule is Cc1ccc(N(c2ccc(C)cc2)c2ccc(-c3cc4c5c(c3)C(C)(C)c3cc(-c6ccc(N(c7ccc(C)cc7)c7ccc(C)cc7)cc6)cc6c7c(n-5c36)=C(CC(c3ccc(N(c5ccc(C)cc5)c5ccc(C)cc5)cc3)C=7)C4(C)C)cc2)cc1. The van der Waals surface area contributed by atoms with Crippen molar-refractivity contribution in [1.82, 2.24) is 4.57 Å². The molecular weight excluding hydrogens is 1060 g/mol. The number of aryl methyl sites for hydroxylation is 6. The predicted octanol–water partition coefficient (Wildman–Crippen LogP) is 21.3. The van der Waals surface area contributed by atoms with Gasteiger partial charge >= 0.3 is 0 Å². The molecule has 430 valence electrons. The van der Waals surface area contributed by atoms with Gasteiger partial charge in [0, 0.05) is 78.5 Å². The van der Waals surface area contributed by atoms with Gasteiger partial charge < -0.3 is 19.3 Å². The lowest BCUT2D eigenvalue weighted by Gasteiger charge is -2.43. The minimum absolute atomic E-state index is 0.151. The standard InChI is InChI=1S/C84H74N4/c1-53-11-29-65(30-12-53)85(66-31-13-54(2)14-32-66)71-41-23-59(24-42-71)62-47-74-75-48-63(60-25-43-72(44-26-60)86(67-33-15-55(3)16-34-67)68-35-17-56(4)18-36-68)50-77-81(75)88-80(74)76(49-62)83(7,8)78-51-64(52-79(82(78)88)84(77,9)10)61-27-45-73(46-28-61)87(69-37-19-57(5)20-38-69)70-39-21-58(6)22-40-70/h11-49,51-52,63H,50H2,1-10H3. The molecule has 1 aliphatic carbocycles. The summed E-state index contributed by atoms with van der Waals surface area (Å²) in [6.45, 7) is 22.9. The fraction of sp³-hybridized carbons (Fsp3) is 0.167. The molecule has 11 aromatic carbocycles. The molecule has 0 amide bonds. The Morgan fingerprint density at radius 1 is 0.330 bits per heavy atom. The number of anilines is 9. The van der Waals surface area contributed by atoms with E-state index in [4.69, 9.17) is 0 Å². The number of benzene rings is 11. The Balaban J connectivity index is 0.891. The molecule has 0 spiro atoms. The Bertz CT molecular complexity index is 4660. The Labute approximate surface area is 519 Å². The normalized spacial score (nSPS) is 14.8. The summed E-state index contributed by atoms with van der Waals surface area (Å²) in [4.78, 5) is 7.13. The van der Waals surface area contributed by atoms with Gasteiger partial charge in [-0.3, -0.25) is 0 Å². The molecule has 15 rings (SSSR count). The van der Waals surface area contributed by atoms with Crippen molar-refractivity contribution < 1.29 is 0 Å². The van der Waals surface area contributed by atoms with Gasteiger partial charge in [-0.2, -0.15) is 0 Å². The Morgan fingerprint density at radius 2 is 0.625 bits per heavy atom. The van der Waals surface area contributed by atoms with Crippen LogP contribution >= 0.6 is 0 Å². The number of rotatable bonds is 12. The van der Waals surface area contributed by atoms with Gasteiger partial charge in [-0.25, -0.2) is 0 Å². The topological polar surface area (TPSA) is 14.7 Å². The van der Waals surface area contributed by atoms with Crippen LogP contribution in [0, 0.1) is 41.5 Å². The third kappa shape index (κ3) is 9.19. The van der Waals surface area contributed by atoms with Crippen LogP contribution in [0.2, 0.25) is 0 Å². The molecular formula is C84H74N4. The molecule has 4 nitrogen and oxygen atoms in total. The van der Waals surface area contributed by atoms with E-state index in [-0.39, 0.29) is 16.7 Å². The molecule has 3 heterocycles. The van der Waals surface area contributed by atoms with Gasteiger partial charge in [0.05, 0.1) is 16.6 Å². The van der Waals surface area contributed by atoms with Crippen molar-refractivity contribution in [2.24, 2.45) is 0 Å². The monoisotopic (exact) mass is 1140 g/mol. The highest BCUT2D eigenvalue weighted by molar-refractivity contribution is 5.98. The van der Waals surface area contributed by atoms with E-state index >= 15 is 0 Å². The molecule has 2 aliphatic heterocycles. The highest BCUT2D eigenvalue weighted by Gasteiger charge is 2.45. The van der Waals surface area contributed by atoms with Crippen molar-refractivity contribution in [3.63, 3.8) is 0 Å². The van der Waals surface area contributed by atoms with Gasteiger partial charge in [-0.1, -0.05) is 176 Å². The van der Waals surface area contributed by atoms with E-state index in [1.54, 1.807) is 0 Å². The summed E-state index contributed by atoms with van der Waals surface area (Å²) in [6, 6.07) is 91.6. The summed E-state index contributed by atoms with van der Waals surface area (Å²) < 4.78 is 2.72. The van der Waals surface area contributed by atoms with E-state index in [2.05, 4.69) is 337 Å². The second-order valence-electron chi connectivity index (χ2n) is 26.3. The first-order chi connectivity index (χ1) is 42.5. The van der Waals surface area contributed by atoms with Crippen molar-refractivity contribution >= 4 is 73.7 Å². The molecule has 0 radical (unpaired) electrons. The fourth-order valence-electron chi connectivity index (χ4n) is 14.4. The lowest BCUT2D eigenvalue weighted by atomic mass is 9.66. The minimum atomic E-state index is -0.351. The summed E-state index contributed by atoms with van der Waals surface area (Å²) >= 11 is 0. The van der Waals surface area contributed by atoms with Crippen molar-refractivity contribution in [3.8, 4) is 27.9 Å². The average Bonchev–Trinajstić information content (AvgIpc) is 1.42. The quantitative estimate of drug-likeness (QED) is 0.121. The van der Waals surface area contributed by atoms with Crippen LogP contribution < -0.4 is 25.3 Å². The van der Waals surface area contributed by atoms with Crippen molar-refractivity contribution in [1.29, 1.82) is 0 Å². The average molecular weight is 1140 g/mol. The molecule has 1 unspecified atom stereocenters. The molecule has 0 N–H and O–H groups in total. The van der Waals surface area contributed by atoms with Crippen LogP contribution in [0.25, 0.3) is 50.5 Å². The minimum Gasteiger partial charge on any atom is -0.311 e. The van der Waals surface area contributed by atoms with Crippen molar-refractivity contribution in [3.05, 3.63) is 309 Å². The second kappa shape index (κ2) is 20.9. The zero-order valence-corrected chi connectivity index (χ0v) is 52.2. The molecule has 0 saturated carbocycles. The first kappa shape index (κ1) is 54.7. The molecule has 0 saturated heterocycles. The Hall–Kier alpha value is -9.90. The van der Waals surface area contributed by atoms with Gasteiger partial charge in [0.2, 0.25) is 0 Å². The van der Waals surface area contributed by atoms with E-state index in [9.17, 15) is 0 Å². The van der Waals surface area contributed by atoms with Gasteiger partial charge in [0.15, 0.2) is 0 Å². The summed E-state index contributed by atoms with van der Waals surface area (Å²) in [5.74, 6) is 0.151. The number of nitrogens with zero attached hydrogens (tertiary/aromatic N) is 4. The molecule has 1 aromatic heterocycles. The molecule has 88 heavy (non-hydrogen) atoms. The third-order valence-electron chi connectivity index (χ3n) is 19.5. The van der Waals surface area contributed by atoms with E-state index in [0.717, 1.165) is 57.6 Å². The second-order valence-corrected chi connectivity index (χ2v) is 26.3. The number of hydrogen-bond acceptors (Lipinski definition) is 3. The van der Waals surface area contributed by atoms with Crippen molar-refractivity contribution in [2.45, 2.75) is 92.4 Å². The molecule has 3 aliphatic rings. The number of hydrogen-bond donors (Lipinski definition) is 0. The highest BCUT2D eigenvalue weighted by Crippen LogP contribution is 2.54. The maximum atomic E-state index is 2.72. The summed E-state index contributed by atoms with van der Waals surface area (Å²) in [7, 11) is 0. The van der Waals surface area contributed by atoms with Gasteiger partial charge in [-0.05, 0) is 232 Å². The molecule has 12 aromatic rings. The molecule has 4 heteroatoms. The number of aromatic nitrogens is 1. The van der Waals surface area contributed by atoms with Crippen LogP contribution in [0.3, 0.4) is 0 Å². The van der Waals surface area contributed by atoms with Crippen molar-refractivity contribution in [2.75, 3.05) is 14.7 Å². The Morgan fingerprint density at radius 3 is 0.977 bits per heavy atom. The maximum absolute atomic E-state index is 2.72. The van der Waals surface area contributed by atoms with E-state index < -0.39 is 0 Å². The van der Waals surface area contributed by atoms with Crippen LogP contribution in [0.5, 0.6) is 0 Å². The zero-order valence-electron chi connectivity index (χ0n) is 52.2. The molecule has 1 atom stereocenters. The van der Waals surface area contributed by atoms with Crippen LogP contribution in [0.1, 0.15) is 95.7 Å². The summed E-state index contributed by atoms with van der Waals surface area (Å²) in [5.41, 5.74) is 31.6. The van der Waals surface area contributed by atoms with E-state index in [1.807, 2.05) is 0 Å². The molecule has 0 bridgehead atoms. The summed E-state index contributed by atoms with van der Waals surface area (Å²) in [5, 5.41) is 4.06. The first-order valence-corrected chi connectivity index (χ1v) is 31.3. The fourth-order valence-corrected chi connectivity index (χ4v) is 14.4. The largest absolute Gasteiger partial charge is 0.311 e. The highest BCUT2D eigenvalue weighted by atomic mass is 15.2. The van der Waals surface area contributed by atoms with Gasteiger partial charge in [-0.15, -0.1) is 0 Å². The van der Waals surface area contributed by atoms with E-state index in [0.29, 0.717) is 0 Å². The predicted molar refractivity (Wildman–Crippen MR) is 373 cm³/mol. The number of fused-ring (bicyclic) bond motifs is 1. The first-order valence-electron chi connectivity index (χ1n) is 31.3. The summed E-state index contributed by atoms with van der Waals surface area (Å²) in [6.07, 6.45) is 3.55. The lowest BCUT2D eigenvalue weighted by Crippen LogP contribution is -2.46. The van der Waals surface area contributed by atoms with Gasteiger partial charge in [0.1, 0.15) is 0 Å².